The number of aromatic hydroxyl groups is 1. The molecule has 0 aliphatic rings. The lowest BCUT2D eigenvalue weighted by atomic mass is 10.1. The molecule has 0 spiro atoms. The van der Waals surface area contributed by atoms with Gasteiger partial charge in [-0.2, -0.15) is 0 Å². The molecule has 0 amide bonds. The molecule has 1 heterocycles. The van der Waals surface area contributed by atoms with Crippen LogP contribution in [0.3, 0.4) is 0 Å². The van der Waals surface area contributed by atoms with E-state index in [1.165, 1.54) is 0 Å². The lowest BCUT2D eigenvalue weighted by molar-refractivity contribution is 0.415. The molecule has 0 saturated heterocycles. The summed E-state index contributed by atoms with van der Waals surface area (Å²) in [6, 6.07) is 14.7. The molecule has 110 valence electrons. The summed E-state index contributed by atoms with van der Waals surface area (Å²) in [5.74, 6) is 0.944. The molecule has 0 saturated carbocycles. The minimum absolute atomic E-state index is 0.124. The number of methoxy groups -OCH3 is 1. The van der Waals surface area contributed by atoms with Crippen LogP contribution in [0.25, 0.3) is 23.1 Å². The predicted octanol–water partition coefficient (Wildman–Crippen LogP) is 4.77. The number of phenols is 1. The van der Waals surface area contributed by atoms with Gasteiger partial charge in [0.05, 0.1) is 17.8 Å². The van der Waals surface area contributed by atoms with E-state index in [0.717, 1.165) is 22.4 Å². The second kappa shape index (κ2) is 6.08. The second-order valence-corrected chi connectivity index (χ2v) is 5.21. The van der Waals surface area contributed by atoms with E-state index < -0.39 is 0 Å². The van der Waals surface area contributed by atoms with Crippen molar-refractivity contribution >= 4 is 34.7 Å². The summed E-state index contributed by atoms with van der Waals surface area (Å²) in [4.78, 5) is 4.44. The number of halogens is 1. The lowest BCUT2D eigenvalue weighted by Gasteiger charge is -2.03. The van der Waals surface area contributed by atoms with Crippen LogP contribution in [0.15, 0.2) is 48.5 Å². The fourth-order valence-corrected chi connectivity index (χ4v) is 2.39. The minimum Gasteiger partial charge on any atom is -0.506 e. The highest BCUT2D eigenvalue weighted by molar-refractivity contribution is 6.35. The normalized spacial score (nSPS) is 11.2. The van der Waals surface area contributed by atoms with Gasteiger partial charge in [-0.15, -0.1) is 0 Å². The number of nitrogens with zero attached hydrogens (tertiary/aromatic N) is 1. The topological polar surface area (TPSA) is 42.4 Å². The van der Waals surface area contributed by atoms with Gasteiger partial charge in [0.25, 0.3) is 0 Å². The van der Waals surface area contributed by atoms with Crippen LogP contribution in [0.5, 0.6) is 11.5 Å². The third-order valence-electron chi connectivity index (χ3n) is 3.37. The molecule has 0 unspecified atom stereocenters. The van der Waals surface area contributed by atoms with Crippen molar-refractivity contribution in [1.29, 1.82) is 0 Å². The zero-order valence-electron chi connectivity index (χ0n) is 12.0. The minimum atomic E-state index is 0.124. The van der Waals surface area contributed by atoms with Gasteiger partial charge in [0.2, 0.25) is 0 Å². The van der Waals surface area contributed by atoms with Crippen LogP contribution in [0.4, 0.5) is 0 Å². The lowest BCUT2D eigenvalue weighted by Crippen LogP contribution is -1.85. The SMILES string of the molecule is COc1ccc(C=Cc2ccc3c(Cl)ccc(O)c3n2)cc1. The monoisotopic (exact) mass is 311 g/mol. The molecular formula is C18H14ClNO2. The third kappa shape index (κ3) is 2.90. The van der Waals surface area contributed by atoms with Crippen LogP contribution in [-0.4, -0.2) is 17.2 Å². The van der Waals surface area contributed by atoms with Crippen LogP contribution in [0.1, 0.15) is 11.3 Å². The molecule has 0 aliphatic carbocycles. The molecule has 3 aromatic rings. The van der Waals surface area contributed by atoms with Crippen molar-refractivity contribution in [2.45, 2.75) is 0 Å². The first-order chi connectivity index (χ1) is 10.7. The van der Waals surface area contributed by atoms with Gasteiger partial charge >= 0.3 is 0 Å². The van der Waals surface area contributed by atoms with Crippen LogP contribution >= 0.6 is 11.6 Å². The highest BCUT2D eigenvalue weighted by atomic mass is 35.5. The van der Waals surface area contributed by atoms with Crippen LogP contribution in [0, 0.1) is 0 Å². The third-order valence-corrected chi connectivity index (χ3v) is 3.70. The van der Waals surface area contributed by atoms with Crippen molar-refractivity contribution in [3.05, 3.63) is 64.8 Å². The average molecular weight is 312 g/mol. The number of rotatable bonds is 3. The van der Waals surface area contributed by atoms with Gasteiger partial charge in [-0.3, -0.25) is 0 Å². The van der Waals surface area contributed by atoms with Gasteiger partial charge in [-0.05, 0) is 48.0 Å². The predicted molar refractivity (Wildman–Crippen MR) is 90.3 cm³/mol. The number of aromatic nitrogens is 1. The van der Waals surface area contributed by atoms with Crippen molar-refractivity contribution < 1.29 is 9.84 Å². The smallest absolute Gasteiger partial charge is 0.141 e. The van der Waals surface area contributed by atoms with Gasteiger partial charge in [-0.25, -0.2) is 4.98 Å². The van der Waals surface area contributed by atoms with Crippen molar-refractivity contribution in [2.75, 3.05) is 7.11 Å². The number of benzene rings is 2. The summed E-state index contributed by atoms with van der Waals surface area (Å²) in [5, 5.41) is 11.2. The van der Waals surface area contributed by atoms with Crippen molar-refractivity contribution in [3.63, 3.8) is 0 Å². The average Bonchev–Trinajstić information content (AvgIpc) is 2.57. The Labute approximate surface area is 133 Å². The maximum Gasteiger partial charge on any atom is 0.141 e. The number of pyridine rings is 1. The Morgan fingerprint density at radius 1 is 1.00 bits per heavy atom. The van der Waals surface area contributed by atoms with E-state index in [2.05, 4.69) is 4.98 Å². The van der Waals surface area contributed by atoms with E-state index in [1.54, 1.807) is 19.2 Å². The standard InChI is InChI=1S/C18H14ClNO2/c1-22-14-7-3-12(4-8-14)2-5-13-6-9-15-16(19)10-11-17(21)18(15)20-13/h2-11,21H,1H3. The van der Waals surface area contributed by atoms with Crippen molar-refractivity contribution in [3.8, 4) is 11.5 Å². The molecular weight excluding hydrogens is 298 g/mol. The fourth-order valence-electron chi connectivity index (χ4n) is 2.17. The number of hydrogen-bond donors (Lipinski definition) is 1. The molecule has 4 heteroatoms. The molecule has 3 rings (SSSR count). The highest BCUT2D eigenvalue weighted by Crippen LogP contribution is 2.29. The summed E-state index contributed by atoms with van der Waals surface area (Å²) < 4.78 is 5.13. The van der Waals surface area contributed by atoms with Crippen LogP contribution < -0.4 is 4.74 Å². The Kier molecular flexibility index (Phi) is 3.98. The van der Waals surface area contributed by atoms with Gasteiger partial charge in [-0.1, -0.05) is 29.8 Å². The molecule has 2 aromatic carbocycles. The quantitative estimate of drug-likeness (QED) is 0.757. The van der Waals surface area contributed by atoms with Crippen molar-refractivity contribution in [1.82, 2.24) is 4.98 Å². The number of fused-ring (bicyclic) bond motifs is 1. The molecule has 1 aromatic heterocycles. The molecule has 3 nitrogen and oxygen atoms in total. The zero-order valence-corrected chi connectivity index (χ0v) is 12.7. The summed E-state index contributed by atoms with van der Waals surface area (Å²) in [6.07, 6.45) is 3.84. The molecule has 0 fully saturated rings. The Morgan fingerprint density at radius 3 is 2.50 bits per heavy atom. The van der Waals surface area contributed by atoms with E-state index in [-0.39, 0.29) is 5.75 Å². The number of hydrogen-bond acceptors (Lipinski definition) is 3. The fraction of sp³-hybridized carbons (Fsp3) is 0.0556. The van der Waals surface area contributed by atoms with Crippen molar-refractivity contribution in [2.24, 2.45) is 0 Å². The van der Waals surface area contributed by atoms with E-state index in [4.69, 9.17) is 16.3 Å². The Morgan fingerprint density at radius 2 is 1.77 bits per heavy atom. The Balaban J connectivity index is 1.93. The zero-order chi connectivity index (χ0) is 15.5. The van der Waals surface area contributed by atoms with E-state index in [1.807, 2.05) is 48.6 Å². The van der Waals surface area contributed by atoms with Gasteiger partial charge in [0.15, 0.2) is 0 Å². The molecule has 0 bridgehead atoms. The van der Waals surface area contributed by atoms with E-state index in [9.17, 15) is 5.11 Å². The number of ether oxygens (including phenoxy) is 1. The first kappa shape index (κ1) is 14.4. The summed E-state index contributed by atoms with van der Waals surface area (Å²) >= 11 is 6.10. The van der Waals surface area contributed by atoms with E-state index in [0.29, 0.717) is 10.5 Å². The number of phenolic OH excluding ortho intramolecular Hbond substituents is 1. The maximum absolute atomic E-state index is 9.90. The Hall–Kier alpha value is -2.52. The first-order valence-corrected chi connectivity index (χ1v) is 7.15. The van der Waals surface area contributed by atoms with Gasteiger partial charge < -0.3 is 9.84 Å². The molecule has 0 aliphatic heterocycles. The molecule has 0 atom stereocenters. The highest BCUT2D eigenvalue weighted by Gasteiger charge is 2.05. The summed E-state index contributed by atoms with van der Waals surface area (Å²) in [6.45, 7) is 0. The van der Waals surface area contributed by atoms with Gasteiger partial charge in [0.1, 0.15) is 17.0 Å². The molecule has 0 radical (unpaired) electrons. The second-order valence-electron chi connectivity index (χ2n) is 4.81. The molecule has 22 heavy (non-hydrogen) atoms. The van der Waals surface area contributed by atoms with Crippen LogP contribution in [-0.2, 0) is 0 Å². The maximum atomic E-state index is 9.90. The first-order valence-electron chi connectivity index (χ1n) is 6.78. The molecule has 1 N–H and O–H groups in total. The summed E-state index contributed by atoms with van der Waals surface area (Å²) in [7, 11) is 1.64. The van der Waals surface area contributed by atoms with Gasteiger partial charge in [0, 0.05) is 5.39 Å². The summed E-state index contributed by atoms with van der Waals surface area (Å²) in [5.41, 5.74) is 2.29. The van der Waals surface area contributed by atoms with Crippen LogP contribution in [0.2, 0.25) is 5.02 Å². The van der Waals surface area contributed by atoms with E-state index >= 15 is 0 Å². The Bertz CT molecular complexity index is 842. The largest absolute Gasteiger partial charge is 0.506 e.